The lowest BCUT2D eigenvalue weighted by Gasteiger charge is -2.33. The molecule has 0 spiro atoms. The number of anilines is 2. The molecule has 0 atom stereocenters. The van der Waals surface area contributed by atoms with Crippen LogP contribution in [0.3, 0.4) is 0 Å². The predicted molar refractivity (Wildman–Crippen MR) is 99.8 cm³/mol. The molecule has 0 radical (unpaired) electrons. The number of carbonyl (C=O) groups excluding carboxylic acids is 1. The highest BCUT2D eigenvalue weighted by Gasteiger charge is 2.31. The van der Waals surface area contributed by atoms with Crippen LogP contribution in [0.2, 0.25) is 0 Å². The molecule has 1 saturated heterocycles. The molecule has 2 aromatic carbocycles. The number of alkyl halides is 3. The van der Waals surface area contributed by atoms with Gasteiger partial charge >= 0.3 is 6.36 Å². The maximum Gasteiger partial charge on any atom is 0.573 e. The number of rotatable bonds is 5. The summed E-state index contributed by atoms with van der Waals surface area (Å²) in [5, 5.41) is 2.73. The minimum atomic E-state index is -4.76. The van der Waals surface area contributed by atoms with E-state index in [2.05, 4.69) is 15.0 Å². The molecule has 2 aromatic rings. The second-order valence-electron chi connectivity index (χ2n) is 6.50. The Kier molecular flexibility index (Phi) is 6.08. The topological polar surface area (TPSA) is 50.8 Å². The van der Waals surface area contributed by atoms with E-state index in [1.54, 1.807) is 19.2 Å². The summed E-state index contributed by atoms with van der Waals surface area (Å²) < 4.78 is 45.7. The number of ether oxygens (including phenoxy) is 2. The third-order valence-electron chi connectivity index (χ3n) is 4.62. The van der Waals surface area contributed by atoms with Crippen molar-refractivity contribution in [3.63, 3.8) is 0 Å². The van der Waals surface area contributed by atoms with Crippen molar-refractivity contribution >= 4 is 17.3 Å². The number of amides is 1. The Hall–Kier alpha value is -2.74. The normalized spacial score (nSPS) is 15.4. The zero-order chi connectivity index (χ0) is 20.1. The van der Waals surface area contributed by atoms with Gasteiger partial charge in [0.05, 0.1) is 6.10 Å². The molecule has 0 unspecified atom stereocenters. The zero-order valence-corrected chi connectivity index (χ0v) is 15.3. The van der Waals surface area contributed by atoms with Gasteiger partial charge in [-0.15, -0.1) is 13.2 Å². The third-order valence-corrected chi connectivity index (χ3v) is 4.62. The molecule has 1 aliphatic rings. The van der Waals surface area contributed by atoms with Crippen LogP contribution in [0.4, 0.5) is 24.5 Å². The number of nitrogens with one attached hydrogen (secondary N) is 1. The summed E-state index contributed by atoms with van der Waals surface area (Å²) in [5.41, 5.74) is 1.91. The molecular formula is C20H21F3N2O3. The minimum absolute atomic E-state index is 0.236. The lowest BCUT2D eigenvalue weighted by molar-refractivity contribution is -0.274. The van der Waals surface area contributed by atoms with E-state index < -0.39 is 12.3 Å². The van der Waals surface area contributed by atoms with E-state index in [1.807, 2.05) is 12.1 Å². The molecule has 1 fully saturated rings. The fourth-order valence-electron chi connectivity index (χ4n) is 3.12. The number of hydrogen-bond donors (Lipinski definition) is 1. The highest BCUT2D eigenvalue weighted by atomic mass is 19.4. The van der Waals surface area contributed by atoms with Gasteiger partial charge < -0.3 is 19.7 Å². The van der Waals surface area contributed by atoms with E-state index in [0.29, 0.717) is 11.8 Å². The van der Waals surface area contributed by atoms with Gasteiger partial charge in [-0.1, -0.05) is 0 Å². The average molecular weight is 394 g/mol. The molecule has 3 rings (SSSR count). The van der Waals surface area contributed by atoms with Crippen LogP contribution in [-0.4, -0.2) is 38.6 Å². The Balaban J connectivity index is 1.57. The average Bonchev–Trinajstić information content (AvgIpc) is 2.68. The van der Waals surface area contributed by atoms with Crippen molar-refractivity contribution in [3.8, 4) is 5.75 Å². The quantitative estimate of drug-likeness (QED) is 0.814. The van der Waals surface area contributed by atoms with Crippen LogP contribution in [0.5, 0.6) is 5.75 Å². The fraction of sp³-hybridized carbons (Fsp3) is 0.350. The standard InChI is InChI=1S/C20H21F3N2O3/c1-27-17-10-12-25(13-11-17)16-6-4-15(5-7-16)24-19(26)14-2-8-18(9-3-14)28-20(21,22)23/h2-9,17H,10-13H2,1H3,(H,24,26). The van der Waals surface area contributed by atoms with E-state index >= 15 is 0 Å². The molecule has 1 N–H and O–H groups in total. The van der Waals surface area contributed by atoms with Crippen LogP contribution in [0.15, 0.2) is 48.5 Å². The molecule has 1 heterocycles. The minimum Gasteiger partial charge on any atom is -0.406 e. The first-order valence-corrected chi connectivity index (χ1v) is 8.89. The molecule has 0 aliphatic carbocycles. The molecule has 0 bridgehead atoms. The molecule has 1 amide bonds. The van der Waals surface area contributed by atoms with Gasteiger partial charge in [-0.3, -0.25) is 4.79 Å². The van der Waals surface area contributed by atoms with E-state index in [4.69, 9.17) is 4.74 Å². The van der Waals surface area contributed by atoms with Crippen LogP contribution in [0.25, 0.3) is 0 Å². The van der Waals surface area contributed by atoms with Crippen molar-refractivity contribution in [1.29, 1.82) is 0 Å². The zero-order valence-electron chi connectivity index (χ0n) is 15.3. The lowest BCUT2D eigenvalue weighted by atomic mass is 10.1. The summed E-state index contributed by atoms with van der Waals surface area (Å²) >= 11 is 0. The number of piperidine rings is 1. The van der Waals surface area contributed by atoms with Gasteiger partial charge in [0.1, 0.15) is 5.75 Å². The van der Waals surface area contributed by atoms with Gasteiger partial charge in [0.25, 0.3) is 5.91 Å². The maximum absolute atomic E-state index is 12.3. The van der Waals surface area contributed by atoms with E-state index in [1.165, 1.54) is 12.1 Å². The van der Waals surface area contributed by atoms with Crippen LogP contribution in [0, 0.1) is 0 Å². The summed E-state index contributed by atoms with van der Waals surface area (Å²) in [5.74, 6) is -0.780. The van der Waals surface area contributed by atoms with Crippen molar-refractivity contribution in [2.75, 3.05) is 30.4 Å². The monoisotopic (exact) mass is 394 g/mol. The van der Waals surface area contributed by atoms with Gasteiger partial charge in [0.2, 0.25) is 0 Å². The smallest absolute Gasteiger partial charge is 0.406 e. The van der Waals surface area contributed by atoms with Gasteiger partial charge in [-0.2, -0.15) is 0 Å². The van der Waals surface area contributed by atoms with Crippen LogP contribution < -0.4 is 15.0 Å². The van der Waals surface area contributed by atoms with E-state index in [9.17, 15) is 18.0 Å². The molecule has 28 heavy (non-hydrogen) atoms. The molecule has 150 valence electrons. The van der Waals surface area contributed by atoms with Crippen LogP contribution in [0.1, 0.15) is 23.2 Å². The maximum atomic E-state index is 12.3. The molecule has 1 aliphatic heterocycles. The largest absolute Gasteiger partial charge is 0.573 e. The summed E-state index contributed by atoms with van der Waals surface area (Å²) in [4.78, 5) is 14.5. The van der Waals surface area contributed by atoms with Gasteiger partial charge in [-0.25, -0.2) is 0 Å². The van der Waals surface area contributed by atoms with Gasteiger partial charge in [0.15, 0.2) is 0 Å². The summed E-state index contributed by atoms with van der Waals surface area (Å²) in [6.07, 6.45) is -2.50. The predicted octanol–water partition coefficient (Wildman–Crippen LogP) is 4.45. The van der Waals surface area contributed by atoms with E-state index in [-0.39, 0.29) is 11.3 Å². The number of nitrogens with zero attached hydrogens (tertiary/aromatic N) is 1. The Labute approximate surface area is 161 Å². The van der Waals surface area contributed by atoms with Crippen molar-refractivity contribution < 1.29 is 27.4 Å². The highest BCUT2D eigenvalue weighted by molar-refractivity contribution is 6.04. The van der Waals surface area contributed by atoms with Crippen LogP contribution >= 0.6 is 0 Å². The second kappa shape index (κ2) is 8.52. The molecular weight excluding hydrogens is 373 g/mol. The summed E-state index contributed by atoms with van der Waals surface area (Å²) in [6, 6.07) is 12.2. The number of carbonyl (C=O) groups is 1. The summed E-state index contributed by atoms with van der Waals surface area (Å²) in [6.45, 7) is 1.83. The lowest BCUT2D eigenvalue weighted by Crippen LogP contribution is -2.36. The Morgan fingerprint density at radius 3 is 2.18 bits per heavy atom. The second-order valence-corrected chi connectivity index (χ2v) is 6.50. The SMILES string of the molecule is COC1CCN(c2ccc(NC(=O)c3ccc(OC(F)(F)F)cc3)cc2)CC1. The van der Waals surface area contributed by atoms with Crippen molar-refractivity contribution in [2.24, 2.45) is 0 Å². The Bertz CT molecular complexity index is 784. The van der Waals surface area contributed by atoms with Gasteiger partial charge in [0, 0.05) is 37.1 Å². The first-order valence-electron chi connectivity index (χ1n) is 8.89. The fourth-order valence-corrected chi connectivity index (χ4v) is 3.12. The number of hydrogen-bond acceptors (Lipinski definition) is 4. The van der Waals surface area contributed by atoms with Crippen molar-refractivity contribution in [1.82, 2.24) is 0 Å². The third kappa shape index (κ3) is 5.39. The number of methoxy groups -OCH3 is 1. The first-order chi connectivity index (χ1) is 13.3. The van der Waals surface area contributed by atoms with Crippen molar-refractivity contribution in [3.05, 3.63) is 54.1 Å². The Morgan fingerprint density at radius 1 is 1.04 bits per heavy atom. The van der Waals surface area contributed by atoms with Crippen LogP contribution in [-0.2, 0) is 4.74 Å². The molecule has 5 nitrogen and oxygen atoms in total. The van der Waals surface area contributed by atoms with Crippen molar-refractivity contribution in [2.45, 2.75) is 25.3 Å². The Morgan fingerprint density at radius 2 is 1.64 bits per heavy atom. The number of halogens is 3. The number of benzene rings is 2. The molecule has 8 heteroatoms. The van der Waals surface area contributed by atoms with Gasteiger partial charge in [-0.05, 0) is 61.4 Å². The molecule has 0 aromatic heterocycles. The first kappa shape index (κ1) is 20.0. The summed E-state index contributed by atoms with van der Waals surface area (Å²) in [7, 11) is 1.73. The van der Waals surface area contributed by atoms with E-state index in [0.717, 1.165) is 43.8 Å². The highest BCUT2D eigenvalue weighted by Crippen LogP contribution is 2.25. The molecule has 0 saturated carbocycles.